The first-order valence-corrected chi connectivity index (χ1v) is 26.7. The maximum atomic E-state index is 11.5. The largest absolute Gasteiger partial charge is 0.473 e. The van der Waals surface area contributed by atoms with E-state index < -0.39 is 0 Å². The van der Waals surface area contributed by atoms with E-state index in [1.54, 1.807) is 13.8 Å². The zero-order valence-electron chi connectivity index (χ0n) is 42.2. The summed E-state index contributed by atoms with van der Waals surface area (Å²) < 4.78 is 32.2. The second kappa shape index (κ2) is 39.9. The van der Waals surface area contributed by atoms with Crippen LogP contribution in [0.5, 0.6) is 0 Å². The summed E-state index contributed by atoms with van der Waals surface area (Å²) in [6.45, 7) is 25.3. The van der Waals surface area contributed by atoms with Crippen LogP contribution in [-0.2, 0) is 38.0 Å². The van der Waals surface area contributed by atoms with Gasteiger partial charge in [0.05, 0.1) is 37.9 Å². The number of allylic oxidation sites excluding steroid dienone is 2. The van der Waals surface area contributed by atoms with E-state index >= 15 is 0 Å². The van der Waals surface area contributed by atoms with Crippen LogP contribution in [-0.4, -0.2) is 52.0 Å². The fourth-order valence-electron chi connectivity index (χ4n) is 11.9. The fourth-order valence-corrected chi connectivity index (χ4v) is 11.9. The Labute approximate surface area is 434 Å². The second-order valence-electron chi connectivity index (χ2n) is 21.9. The van der Waals surface area contributed by atoms with Crippen LogP contribution in [0.1, 0.15) is 238 Å². The highest BCUT2D eigenvalue weighted by Crippen LogP contribution is 2.43. The van der Waals surface area contributed by atoms with Gasteiger partial charge in [0.1, 0.15) is 0 Å². The highest BCUT2D eigenvalue weighted by Gasteiger charge is 2.30. The third kappa shape index (κ3) is 29.8. The molecule has 5 fully saturated rings. The molecule has 0 aromatic rings. The number of esters is 2. The maximum Gasteiger partial charge on any atom is 0.333 e. The minimum absolute atomic E-state index is 0. The van der Waals surface area contributed by atoms with Crippen molar-refractivity contribution in [1.29, 1.82) is 0 Å². The Balaban J connectivity index is 0. The van der Waals surface area contributed by atoms with Crippen molar-refractivity contribution in [3.63, 3.8) is 0 Å². The van der Waals surface area contributed by atoms with Crippen molar-refractivity contribution in [1.82, 2.24) is 0 Å². The molecule has 0 radical (unpaired) electrons. The lowest BCUT2D eigenvalue weighted by Gasteiger charge is -2.36. The van der Waals surface area contributed by atoms with Gasteiger partial charge in [0.25, 0.3) is 0 Å². The predicted octanol–water partition coefficient (Wildman–Crippen LogP) is 18.2. The summed E-state index contributed by atoms with van der Waals surface area (Å²) in [6, 6.07) is 0. The number of carbonyl (C=O) groups excluding carboxylic acids is 2. The zero-order chi connectivity index (χ0) is 46.8. The van der Waals surface area contributed by atoms with Crippen LogP contribution >= 0.6 is 0 Å². The van der Waals surface area contributed by atoms with Crippen LogP contribution in [0.3, 0.4) is 0 Å². The quantitative estimate of drug-likeness (QED) is 0.0278. The number of ether oxygens (including phenoxy) is 6. The highest BCUT2D eigenvalue weighted by molar-refractivity contribution is 5.87. The highest BCUT2D eigenvalue weighted by atomic mass is 16.7. The third-order valence-corrected chi connectivity index (χ3v) is 16.2. The molecule has 0 bridgehead atoms. The Bertz CT molecular complexity index is 1380. The molecule has 0 aromatic heterocycles. The average Bonchev–Trinajstić information content (AvgIpc) is 3.29. The first-order valence-electron chi connectivity index (χ1n) is 26.7. The molecule has 8 heteroatoms. The van der Waals surface area contributed by atoms with E-state index in [-0.39, 0.29) is 49.1 Å². The topological polar surface area (TPSA) is 89.5 Å². The van der Waals surface area contributed by atoms with Gasteiger partial charge >= 0.3 is 11.9 Å². The molecule has 5 saturated carbocycles. The summed E-state index contributed by atoms with van der Waals surface area (Å²) in [5.41, 5.74) is 0.997. The van der Waals surface area contributed by atoms with Crippen LogP contribution in [0, 0.1) is 59.2 Å². The molecule has 0 aromatic carbocycles. The Kier molecular flexibility index (Phi) is 39.6. The van der Waals surface area contributed by atoms with Gasteiger partial charge in [-0.25, -0.2) is 9.59 Å². The SMILES string of the molecule is C.C.C.C.C.C=C(C)OCOCCC1CCC(CC2CCC(CC3CCC(CCOC(=O)C(=C)C)CC3)CC2)CC1.C=C(C)OCOCCC1CCC(CC2CCC(CCOC(=O)C(=C)C)CC2)CC1. The first kappa shape index (κ1) is 69.5. The van der Waals surface area contributed by atoms with Gasteiger partial charge in [-0.05, 0) is 132 Å². The molecule has 5 rings (SSSR count). The number of hydrogen-bond donors (Lipinski definition) is 0. The Morgan fingerprint density at radius 3 is 0.729 bits per heavy atom. The molecule has 5 aliphatic rings. The van der Waals surface area contributed by atoms with E-state index in [1.165, 1.54) is 154 Å². The molecule has 0 spiro atoms. The molecule has 0 N–H and O–H groups in total. The van der Waals surface area contributed by atoms with Gasteiger partial charge in [0.15, 0.2) is 13.6 Å². The van der Waals surface area contributed by atoms with Gasteiger partial charge in [0, 0.05) is 11.1 Å². The predicted molar refractivity (Wildman–Crippen MR) is 298 cm³/mol. The van der Waals surface area contributed by atoms with Crippen molar-refractivity contribution in [3.05, 3.63) is 49.0 Å². The molecule has 0 heterocycles. The molecule has 0 saturated heterocycles. The molecule has 8 nitrogen and oxygen atoms in total. The zero-order valence-corrected chi connectivity index (χ0v) is 42.2. The van der Waals surface area contributed by atoms with Gasteiger partial charge in [-0.2, -0.15) is 0 Å². The van der Waals surface area contributed by atoms with Crippen LogP contribution < -0.4 is 0 Å². The van der Waals surface area contributed by atoms with E-state index in [2.05, 4.69) is 26.3 Å². The standard InChI is InChI=1S/C32H54O4.C25H42O4.5CH4/c1-24(2)32(33)35-20-18-27-7-11-29(12-8-27)22-31-15-13-30(14-16-31)21-28-9-5-26(6-10-28)17-19-34-23-36-25(3)4;1-19(2)25(26)28-16-14-22-7-11-24(12-8-22)17-23-9-5-21(6-10-23)13-15-27-18-29-20(3)4;;;;;/h26-31H,1,3,5-23H2,2,4H3;21-24H,1,3,5-18H2,2,4H3;5*1H4. The lowest BCUT2D eigenvalue weighted by molar-refractivity contribution is -0.140. The summed E-state index contributed by atoms with van der Waals surface area (Å²) >= 11 is 0. The Morgan fingerprint density at radius 1 is 0.329 bits per heavy atom. The summed E-state index contributed by atoms with van der Waals surface area (Å²) in [5.74, 6) is 9.82. The lowest BCUT2D eigenvalue weighted by Crippen LogP contribution is -2.23. The Morgan fingerprint density at radius 2 is 0.529 bits per heavy atom. The van der Waals surface area contributed by atoms with Crippen molar-refractivity contribution in [2.45, 2.75) is 238 Å². The maximum absolute atomic E-state index is 11.5. The van der Waals surface area contributed by atoms with Crippen LogP contribution in [0.25, 0.3) is 0 Å². The van der Waals surface area contributed by atoms with Crippen molar-refractivity contribution in [3.8, 4) is 0 Å². The monoisotopic (exact) mass is 989 g/mol. The van der Waals surface area contributed by atoms with Crippen molar-refractivity contribution in [2.24, 2.45) is 59.2 Å². The molecule has 412 valence electrons. The minimum atomic E-state index is -0.249. The molecule has 0 aliphatic heterocycles. The van der Waals surface area contributed by atoms with Crippen LogP contribution in [0.15, 0.2) is 49.0 Å². The summed E-state index contributed by atoms with van der Waals surface area (Å²) in [6.07, 6.45) is 36.5. The molecular weight excluding hydrogens is 873 g/mol. The van der Waals surface area contributed by atoms with Crippen molar-refractivity contribution >= 4 is 11.9 Å². The van der Waals surface area contributed by atoms with Crippen LogP contribution in [0.2, 0.25) is 0 Å². The first-order chi connectivity index (χ1) is 31.3. The van der Waals surface area contributed by atoms with Crippen LogP contribution in [0.4, 0.5) is 0 Å². The molecule has 0 unspecified atom stereocenters. The van der Waals surface area contributed by atoms with E-state index in [4.69, 9.17) is 28.4 Å². The number of hydrogen-bond acceptors (Lipinski definition) is 8. The third-order valence-electron chi connectivity index (χ3n) is 16.2. The molecule has 0 atom stereocenters. The van der Waals surface area contributed by atoms with E-state index in [0.29, 0.717) is 43.7 Å². The normalized spacial score (nSPS) is 27.2. The van der Waals surface area contributed by atoms with Crippen molar-refractivity contribution < 1.29 is 38.0 Å². The summed E-state index contributed by atoms with van der Waals surface area (Å²) in [4.78, 5) is 23.0. The minimum Gasteiger partial charge on any atom is -0.473 e. The lowest BCUT2D eigenvalue weighted by atomic mass is 9.70. The fraction of sp³-hybridized carbons (Fsp3) is 0.839. The van der Waals surface area contributed by atoms with Gasteiger partial charge < -0.3 is 28.4 Å². The smallest absolute Gasteiger partial charge is 0.333 e. The molecular formula is C62H116O8. The number of carbonyl (C=O) groups is 2. The van der Waals surface area contributed by atoms with Gasteiger partial charge in [-0.3, -0.25) is 0 Å². The molecule has 5 aliphatic carbocycles. The van der Waals surface area contributed by atoms with Gasteiger partial charge in [-0.15, -0.1) is 0 Å². The Hall–Kier alpha value is -2.58. The second-order valence-corrected chi connectivity index (χ2v) is 21.9. The van der Waals surface area contributed by atoms with E-state index in [1.807, 2.05) is 13.8 Å². The van der Waals surface area contributed by atoms with E-state index in [9.17, 15) is 9.59 Å². The van der Waals surface area contributed by atoms with Gasteiger partial charge in [-0.1, -0.05) is 192 Å². The van der Waals surface area contributed by atoms with E-state index in [0.717, 1.165) is 97.4 Å². The number of rotatable bonds is 26. The van der Waals surface area contributed by atoms with Crippen molar-refractivity contribution in [2.75, 3.05) is 40.0 Å². The molecule has 0 amide bonds. The molecule has 70 heavy (non-hydrogen) atoms. The summed E-state index contributed by atoms with van der Waals surface area (Å²) in [5, 5.41) is 0. The summed E-state index contributed by atoms with van der Waals surface area (Å²) in [7, 11) is 0. The average molecular weight is 990 g/mol. The van der Waals surface area contributed by atoms with Gasteiger partial charge in [0.2, 0.25) is 0 Å².